The number of nitrogens with zero attached hydrogens (tertiary/aromatic N) is 1. The molecule has 1 aliphatic heterocycles. The van der Waals surface area contributed by atoms with Crippen molar-refractivity contribution >= 4 is 50.9 Å². The van der Waals surface area contributed by atoms with Crippen LogP contribution >= 0.6 is 27.7 Å². The fourth-order valence-electron chi connectivity index (χ4n) is 2.35. The van der Waals surface area contributed by atoms with Crippen molar-refractivity contribution < 1.29 is 28.6 Å². The molecule has 1 unspecified atom stereocenters. The molecule has 1 aromatic rings. The average Bonchev–Trinajstić information content (AvgIpc) is 2.87. The summed E-state index contributed by atoms with van der Waals surface area (Å²) in [6, 6.07) is 2.45. The van der Waals surface area contributed by atoms with Crippen LogP contribution in [0.2, 0.25) is 0 Å². The number of methoxy groups -OCH3 is 2. The van der Waals surface area contributed by atoms with E-state index < -0.39 is 23.2 Å². The zero-order chi connectivity index (χ0) is 19.4. The molecule has 0 spiro atoms. The lowest BCUT2D eigenvalue weighted by molar-refractivity contribution is -0.150. The minimum absolute atomic E-state index is 0.175. The Labute approximate surface area is 163 Å². The number of amides is 2. The van der Waals surface area contributed by atoms with Crippen LogP contribution < -0.4 is 9.47 Å². The van der Waals surface area contributed by atoms with Crippen molar-refractivity contribution in [2.75, 3.05) is 20.8 Å². The molecule has 2 amide bonds. The maximum absolute atomic E-state index is 12.6. The molecule has 7 nitrogen and oxygen atoms in total. The maximum atomic E-state index is 12.6. The highest BCUT2D eigenvalue weighted by Crippen LogP contribution is 2.39. The Hall–Kier alpha value is -2.00. The fraction of sp³-hybridized carbons (Fsp3) is 0.353. The molecule has 1 atom stereocenters. The topological polar surface area (TPSA) is 82.1 Å². The largest absolute Gasteiger partial charge is 0.493 e. The fourth-order valence-corrected chi connectivity index (χ4v) is 3.88. The number of imide groups is 1. The van der Waals surface area contributed by atoms with Gasteiger partial charge in [-0.15, -0.1) is 0 Å². The van der Waals surface area contributed by atoms with E-state index in [1.165, 1.54) is 21.1 Å². The molecular weight excluding hydrogens is 426 g/mol. The summed E-state index contributed by atoms with van der Waals surface area (Å²) in [7, 11) is 3.02. The van der Waals surface area contributed by atoms with E-state index in [2.05, 4.69) is 15.9 Å². The Morgan fingerprint density at radius 2 is 2.00 bits per heavy atom. The molecule has 1 aliphatic rings. The van der Waals surface area contributed by atoms with E-state index in [-0.39, 0.29) is 11.5 Å². The van der Waals surface area contributed by atoms with Crippen LogP contribution in [0.25, 0.3) is 6.08 Å². The lowest BCUT2D eigenvalue weighted by atomic mass is 10.1. The number of hydrogen-bond donors (Lipinski definition) is 0. The van der Waals surface area contributed by atoms with E-state index in [4.69, 9.17) is 14.2 Å². The molecular formula is C17H18BrNO6S. The van der Waals surface area contributed by atoms with Gasteiger partial charge in [-0.25, -0.2) is 4.79 Å². The van der Waals surface area contributed by atoms with E-state index in [1.54, 1.807) is 25.1 Å². The zero-order valence-corrected chi connectivity index (χ0v) is 17.1. The van der Waals surface area contributed by atoms with Gasteiger partial charge < -0.3 is 14.2 Å². The molecule has 1 saturated heterocycles. The van der Waals surface area contributed by atoms with Crippen LogP contribution in [0.1, 0.15) is 19.4 Å². The Bertz CT molecular complexity index is 779. The van der Waals surface area contributed by atoms with E-state index in [9.17, 15) is 14.4 Å². The van der Waals surface area contributed by atoms with E-state index in [0.29, 0.717) is 21.5 Å². The molecule has 26 heavy (non-hydrogen) atoms. The second kappa shape index (κ2) is 8.59. The first-order valence-electron chi connectivity index (χ1n) is 7.69. The molecule has 0 bridgehead atoms. The highest BCUT2D eigenvalue weighted by atomic mass is 79.9. The first-order chi connectivity index (χ1) is 12.3. The van der Waals surface area contributed by atoms with Gasteiger partial charge in [0.1, 0.15) is 6.04 Å². The molecule has 1 aromatic carbocycles. The van der Waals surface area contributed by atoms with Crippen molar-refractivity contribution in [2.24, 2.45) is 0 Å². The molecule has 2 rings (SSSR count). The smallest absolute Gasteiger partial charge is 0.329 e. The summed E-state index contributed by atoms with van der Waals surface area (Å²) in [5.41, 5.74) is 0.642. The maximum Gasteiger partial charge on any atom is 0.329 e. The highest BCUT2D eigenvalue weighted by molar-refractivity contribution is 9.10. The molecule has 0 radical (unpaired) electrons. The van der Waals surface area contributed by atoms with Gasteiger partial charge in [-0.2, -0.15) is 0 Å². The average molecular weight is 444 g/mol. The van der Waals surface area contributed by atoms with Crippen LogP contribution in [0.4, 0.5) is 4.79 Å². The Balaban J connectivity index is 2.33. The highest BCUT2D eigenvalue weighted by Gasteiger charge is 2.41. The number of rotatable bonds is 6. The van der Waals surface area contributed by atoms with E-state index in [0.717, 1.165) is 16.7 Å². The Morgan fingerprint density at radius 1 is 1.31 bits per heavy atom. The van der Waals surface area contributed by atoms with Crippen molar-refractivity contribution in [2.45, 2.75) is 19.9 Å². The van der Waals surface area contributed by atoms with Crippen molar-refractivity contribution in [3.63, 3.8) is 0 Å². The zero-order valence-electron chi connectivity index (χ0n) is 14.7. The second-order valence-electron chi connectivity index (χ2n) is 5.22. The van der Waals surface area contributed by atoms with Crippen molar-refractivity contribution in [3.8, 4) is 11.5 Å². The van der Waals surface area contributed by atoms with E-state index in [1.807, 2.05) is 0 Å². The lowest BCUT2D eigenvalue weighted by Gasteiger charge is -2.19. The van der Waals surface area contributed by atoms with Crippen LogP contribution in [-0.4, -0.2) is 48.9 Å². The molecule has 1 heterocycles. The molecule has 1 fully saturated rings. The summed E-state index contributed by atoms with van der Waals surface area (Å²) in [6.45, 7) is 3.30. The van der Waals surface area contributed by atoms with Crippen molar-refractivity contribution in [1.82, 2.24) is 4.90 Å². The first-order valence-corrected chi connectivity index (χ1v) is 9.30. The quantitative estimate of drug-likeness (QED) is 0.491. The summed E-state index contributed by atoms with van der Waals surface area (Å²) in [5, 5.41) is -0.513. The van der Waals surface area contributed by atoms with Gasteiger partial charge in [-0.1, -0.05) is 0 Å². The Kier molecular flexibility index (Phi) is 6.71. The Morgan fingerprint density at radius 3 is 2.58 bits per heavy atom. The number of carbonyl (C=O) groups excluding carboxylic acids is 3. The third-order valence-electron chi connectivity index (χ3n) is 3.59. The third-order valence-corrected chi connectivity index (χ3v) is 5.06. The SMILES string of the molecule is CCOC(=O)C(C)N1C(=O)SC(=Cc2cc(Br)c(OC)c(OC)c2)C1=O. The summed E-state index contributed by atoms with van der Waals surface area (Å²) in [5.74, 6) is -0.155. The molecule has 140 valence electrons. The number of hydrogen-bond acceptors (Lipinski definition) is 7. The van der Waals surface area contributed by atoms with Gasteiger partial charge in [-0.3, -0.25) is 14.5 Å². The summed E-state index contributed by atoms with van der Waals surface area (Å²) in [4.78, 5) is 37.7. The number of esters is 1. The summed E-state index contributed by atoms with van der Waals surface area (Å²) >= 11 is 4.16. The van der Waals surface area contributed by atoms with Gasteiger partial charge >= 0.3 is 5.97 Å². The van der Waals surface area contributed by atoms with Crippen LogP contribution in [0.5, 0.6) is 11.5 Å². The molecule has 0 aliphatic carbocycles. The van der Waals surface area contributed by atoms with Crippen molar-refractivity contribution in [3.05, 3.63) is 27.1 Å². The van der Waals surface area contributed by atoms with Crippen molar-refractivity contribution in [1.29, 1.82) is 0 Å². The van der Waals surface area contributed by atoms with Crippen LogP contribution in [0.3, 0.4) is 0 Å². The minimum Gasteiger partial charge on any atom is -0.493 e. The van der Waals surface area contributed by atoms with E-state index >= 15 is 0 Å². The third kappa shape index (κ3) is 4.04. The second-order valence-corrected chi connectivity index (χ2v) is 7.07. The molecule has 0 saturated carbocycles. The van der Waals surface area contributed by atoms with Gasteiger partial charge in [0, 0.05) is 0 Å². The standard InChI is InChI=1S/C17H18BrNO6S/c1-5-25-16(21)9(2)19-15(20)13(26-17(19)22)8-10-6-11(18)14(24-4)12(7-10)23-3/h6-9H,5H2,1-4H3. The van der Waals surface area contributed by atoms with Gasteiger partial charge in [0.25, 0.3) is 11.1 Å². The monoisotopic (exact) mass is 443 g/mol. The predicted octanol–water partition coefficient (Wildman–Crippen LogP) is 3.45. The normalized spacial score (nSPS) is 16.8. The summed E-state index contributed by atoms with van der Waals surface area (Å²) < 4.78 is 16.1. The number of halogens is 1. The van der Waals surface area contributed by atoms with Crippen LogP contribution in [0, 0.1) is 0 Å². The van der Waals surface area contributed by atoms with Gasteiger partial charge in [0.15, 0.2) is 11.5 Å². The first kappa shape index (κ1) is 20.3. The lowest BCUT2D eigenvalue weighted by Crippen LogP contribution is -2.42. The predicted molar refractivity (Wildman–Crippen MR) is 101 cm³/mol. The molecule has 0 N–H and O–H groups in total. The van der Waals surface area contributed by atoms with Gasteiger partial charge in [0.2, 0.25) is 0 Å². The van der Waals surface area contributed by atoms with Crippen LogP contribution in [-0.2, 0) is 14.3 Å². The van der Waals surface area contributed by atoms with Gasteiger partial charge in [0.05, 0.1) is 30.2 Å². The minimum atomic E-state index is -0.981. The number of benzene rings is 1. The summed E-state index contributed by atoms with van der Waals surface area (Å²) in [6.07, 6.45) is 1.56. The number of thioether (sulfide) groups is 1. The van der Waals surface area contributed by atoms with Crippen LogP contribution in [0.15, 0.2) is 21.5 Å². The van der Waals surface area contributed by atoms with Gasteiger partial charge in [-0.05, 0) is 65.3 Å². The molecule has 9 heteroatoms. The number of carbonyl (C=O) groups is 3. The number of ether oxygens (including phenoxy) is 3. The molecule has 0 aromatic heterocycles.